The Bertz CT molecular complexity index is 888. The summed E-state index contributed by atoms with van der Waals surface area (Å²) in [5.74, 6) is 0.196. The van der Waals surface area contributed by atoms with Crippen molar-refractivity contribution in [2.45, 2.75) is 45.7 Å². The van der Waals surface area contributed by atoms with Gasteiger partial charge in [-0.25, -0.2) is 4.68 Å². The standard InChI is InChI=1S/C24H35N5O2/c1-19(2)29(18-20-8-5-4-6-9-20)13-7-12-25-24(31)21-10-14-28(15-11-21)22-16-23(30)27(3)26-17-22/h4-6,8-9,16-17,19,21H,7,10-15,18H2,1-3H3,(H,25,31). The predicted molar refractivity (Wildman–Crippen MR) is 124 cm³/mol. The van der Waals surface area contributed by atoms with Gasteiger partial charge >= 0.3 is 0 Å². The van der Waals surface area contributed by atoms with E-state index in [9.17, 15) is 9.59 Å². The lowest BCUT2D eigenvalue weighted by molar-refractivity contribution is -0.125. The van der Waals surface area contributed by atoms with Crippen LogP contribution >= 0.6 is 0 Å². The third-order valence-corrected chi connectivity index (χ3v) is 6.06. The highest BCUT2D eigenvalue weighted by Crippen LogP contribution is 2.22. The highest BCUT2D eigenvalue weighted by atomic mass is 16.2. The molecule has 7 heteroatoms. The van der Waals surface area contributed by atoms with Gasteiger partial charge in [0.25, 0.3) is 5.56 Å². The summed E-state index contributed by atoms with van der Waals surface area (Å²) in [5.41, 5.74) is 2.05. The van der Waals surface area contributed by atoms with Crippen LogP contribution in [0.2, 0.25) is 0 Å². The maximum atomic E-state index is 12.6. The number of piperidine rings is 1. The molecule has 1 N–H and O–H groups in total. The first-order valence-corrected chi connectivity index (χ1v) is 11.3. The van der Waals surface area contributed by atoms with Crippen molar-refractivity contribution >= 4 is 11.6 Å². The molecule has 2 aromatic rings. The number of aryl methyl sites for hydroxylation is 1. The van der Waals surface area contributed by atoms with Crippen molar-refractivity contribution in [1.29, 1.82) is 0 Å². The molecule has 0 spiro atoms. The van der Waals surface area contributed by atoms with Gasteiger partial charge in [0.15, 0.2) is 0 Å². The molecule has 1 aromatic heterocycles. The minimum atomic E-state index is -0.111. The molecule has 0 unspecified atom stereocenters. The third kappa shape index (κ3) is 6.66. The molecule has 1 aromatic carbocycles. The second-order valence-corrected chi connectivity index (χ2v) is 8.63. The van der Waals surface area contributed by atoms with Gasteiger partial charge in [-0.1, -0.05) is 30.3 Å². The van der Waals surface area contributed by atoms with Gasteiger partial charge in [0.05, 0.1) is 11.9 Å². The molecule has 1 saturated heterocycles. The van der Waals surface area contributed by atoms with Crippen LogP contribution in [0, 0.1) is 5.92 Å². The lowest BCUT2D eigenvalue weighted by atomic mass is 9.95. The van der Waals surface area contributed by atoms with Crippen molar-refractivity contribution in [2.75, 3.05) is 31.1 Å². The number of hydrogen-bond acceptors (Lipinski definition) is 5. The molecule has 0 aliphatic carbocycles. The molecule has 0 atom stereocenters. The molecule has 168 valence electrons. The maximum absolute atomic E-state index is 12.6. The molecule has 3 rings (SSSR count). The van der Waals surface area contributed by atoms with Crippen molar-refractivity contribution in [3.8, 4) is 0 Å². The summed E-state index contributed by atoms with van der Waals surface area (Å²) in [6, 6.07) is 12.6. The van der Waals surface area contributed by atoms with Crippen molar-refractivity contribution in [2.24, 2.45) is 13.0 Å². The first-order valence-electron chi connectivity index (χ1n) is 11.3. The minimum absolute atomic E-state index is 0.0428. The normalized spacial score (nSPS) is 14.9. The Morgan fingerprint density at radius 3 is 2.58 bits per heavy atom. The van der Waals surface area contributed by atoms with Crippen LogP contribution in [-0.4, -0.2) is 52.8 Å². The number of amides is 1. The van der Waals surface area contributed by atoms with Crippen LogP contribution in [0.4, 0.5) is 5.69 Å². The van der Waals surface area contributed by atoms with E-state index in [2.05, 4.69) is 58.3 Å². The predicted octanol–water partition coefficient (Wildman–Crippen LogP) is 2.41. The molecule has 2 heterocycles. The van der Waals surface area contributed by atoms with Crippen molar-refractivity contribution in [1.82, 2.24) is 20.0 Å². The van der Waals surface area contributed by atoms with Crippen LogP contribution in [0.25, 0.3) is 0 Å². The van der Waals surface area contributed by atoms with Gasteiger partial charge in [-0.05, 0) is 38.7 Å². The number of hydrogen-bond donors (Lipinski definition) is 1. The van der Waals surface area contributed by atoms with Crippen LogP contribution in [0.3, 0.4) is 0 Å². The minimum Gasteiger partial charge on any atom is -0.370 e. The fourth-order valence-corrected chi connectivity index (χ4v) is 4.01. The Morgan fingerprint density at radius 1 is 1.23 bits per heavy atom. The van der Waals surface area contributed by atoms with Crippen LogP contribution in [0.5, 0.6) is 0 Å². The van der Waals surface area contributed by atoms with Gasteiger partial charge in [0.2, 0.25) is 5.91 Å². The second-order valence-electron chi connectivity index (χ2n) is 8.63. The third-order valence-electron chi connectivity index (χ3n) is 6.06. The van der Waals surface area contributed by atoms with Gasteiger partial charge in [0, 0.05) is 57.8 Å². The first-order chi connectivity index (χ1) is 14.9. The molecular formula is C24H35N5O2. The summed E-state index contributed by atoms with van der Waals surface area (Å²) in [4.78, 5) is 29.0. The van der Waals surface area contributed by atoms with E-state index in [1.807, 2.05) is 6.07 Å². The highest BCUT2D eigenvalue weighted by Gasteiger charge is 2.25. The molecule has 1 amide bonds. The molecule has 1 fully saturated rings. The molecule has 1 aliphatic heterocycles. The summed E-state index contributed by atoms with van der Waals surface area (Å²) < 4.78 is 1.32. The van der Waals surface area contributed by atoms with Crippen molar-refractivity contribution in [3.05, 3.63) is 58.5 Å². The summed E-state index contributed by atoms with van der Waals surface area (Å²) in [5, 5.41) is 7.22. The quantitative estimate of drug-likeness (QED) is 0.625. The van der Waals surface area contributed by atoms with E-state index < -0.39 is 0 Å². The number of anilines is 1. The monoisotopic (exact) mass is 425 g/mol. The lowest BCUT2D eigenvalue weighted by Crippen LogP contribution is -2.41. The van der Waals surface area contributed by atoms with E-state index >= 15 is 0 Å². The van der Waals surface area contributed by atoms with Gasteiger partial charge in [-0.3, -0.25) is 14.5 Å². The maximum Gasteiger partial charge on any atom is 0.268 e. The molecule has 31 heavy (non-hydrogen) atoms. The number of benzene rings is 1. The van der Waals surface area contributed by atoms with E-state index in [4.69, 9.17) is 0 Å². The summed E-state index contributed by atoms with van der Waals surface area (Å²) in [7, 11) is 1.64. The summed E-state index contributed by atoms with van der Waals surface area (Å²) >= 11 is 0. The first kappa shape index (κ1) is 23.0. The van der Waals surface area contributed by atoms with E-state index in [1.54, 1.807) is 19.3 Å². The van der Waals surface area contributed by atoms with E-state index in [0.29, 0.717) is 12.6 Å². The molecular weight excluding hydrogens is 390 g/mol. The zero-order valence-corrected chi connectivity index (χ0v) is 19.0. The van der Waals surface area contributed by atoms with Gasteiger partial charge in [-0.2, -0.15) is 5.10 Å². The Hall–Kier alpha value is -2.67. The molecule has 0 bridgehead atoms. The zero-order valence-electron chi connectivity index (χ0n) is 19.0. The molecule has 0 radical (unpaired) electrons. The van der Waals surface area contributed by atoms with Gasteiger partial charge in [-0.15, -0.1) is 0 Å². The Morgan fingerprint density at radius 2 is 1.94 bits per heavy atom. The fourth-order valence-electron chi connectivity index (χ4n) is 4.01. The molecule has 0 saturated carbocycles. The summed E-state index contributed by atoms with van der Waals surface area (Å²) in [6.45, 7) is 8.57. The number of aromatic nitrogens is 2. The number of nitrogens with zero attached hydrogens (tertiary/aromatic N) is 4. The van der Waals surface area contributed by atoms with Gasteiger partial charge < -0.3 is 10.2 Å². The average Bonchev–Trinajstić information content (AvgIpc) is 2.78. The number of carbonyl (C=O) groups excluding carboxylic acids is 1. The van der Waals surface area contributed by atoms with Crippen molar-refractivity contribution in [3.63, 3.8) is 0 Å². The fraction of sp³-hybridized carbons (Fsp3) is 0.542. The molecule has 7 nitrogen and oxygen atoms in total. The number of carbonyl (C=O) groups is 1. The van der Waals surface area contributed by atoms with Crippen LogP contribution in [0.15, 0.2) is 47.4 Å². The van der Waals surface area contributed by atoms with Crippen LogP contribution in [0.1, 0.15) is 38.7 Å². The highest BCUT2D eigenvalue weighted by molar-refractivity contribution is 5.78. The van der Waals surface area contributed by atoms with Crippen molar-refractivity contribution < 1.29 is 4.79 Å². The summed E-state index contributed by atoms with van der Waals surface area (Å²) in [6.07, 6.45) is 4.26. The number of rotatable bonds is 9. The Kier molecular flexibility index (Phi) is 8.23. The van der Waals surface area contributed by atoms with E-state index in [-0.39, 0.29) is 17.4 Å². The Labute approximate surface area is 185 Å². The second kappa shape index (κ2) is 11.1. The van der Waals surface area contributed by atoms with Gasteiger partial charge in [0.1, 0.15) is 0 Å². The Balaban J connectivity index is 1.39. The largest absolute Gasteiger partial charge is 0.370 e. The average molecular weight is 426 g/mol. The zero-order chi connectivity index (χ0) is 22.2. The van der Waals surface area contributed by atoms with Crippen LogP contribution in [-0.2, 0) is 18.4 Å². The topological polar surface area (TPSA) is 70.5 Å². The van der Waals surface area contributed by atoms with Crippen LogP contribution < -0.4 is 15.8 Å². The number of nitrogens with one attached hydrogen (secondary N) is 1. The lowest BCUT2D eigenvalue weighted by Gasteiger charge is -2.32. The van der Waals surface area contributed by atoms with E-state index in [0.717, 1.165) is 51.1 Å². The smallest absolute Gasteiger partial charge is 0.268 e. The SMILES string of the molecule is CC(C)N(CCCNC(=O)C1CCN(c2cnn(C)c(=O)c2)CC1)Cc1ccccc1. The van der Waals surface area contributed by atoms with E-state index in [1.165, 1.54) is 10.2 Å². The molecule has 1 aliphatic rings.